The first-order valence-electron chi connectivity index (χ1n) is 3.85. The van der Waals surface area contributed by atoms with E-state index in [1.807, 2.05) is 6.92 Å². The number of hydrogen-bond acceptors (Lipinski definition) is 2. The molecule has 1 aromatic rings. The molecule has 0 aliphatic carbocycles. The standard InChI is InChI=1S/C9H11FO2/c1-2-5-12-7-3-4-9(11)8(10)6-7/h3-4,6,11H,2,5H2,1H3. The topological polar surface area (TPSA) is 29.5 Å². The molecule has 66 valence electrons. The third kappa shape index (κ3) is 2.12. The Morgan fingerprint density at radius 3 is 2.83 bits per heavy atom. The smallest absolute Gasteiger partial charge is 0.168 e. The summed E-state index contributed by atoms with van der Waals surface area (Å²) in [6.45, 7) is 2.53. The zero-order valence-electron chi connectivity index (χ0n) is 6.88. The van der Waals surface area contributed by atoms with E-state index in [4.69, 9.17) is 9.84 Å². The quantitative estimate of drug-likeness (QED) is 0.754. The van der Waals surface area contributed by atoms with Gasteiger partial charge in [-0.05, 0) is 18.6 Å². The number of phenolic OH excluding ortho intramolecular Hbond substituents is 1. The number of rotatable bonds is 3. The van der Waals surface area contributed by atoms with Crippen LogP contribution in [0, 0.1) is 5.82 Å². The van der Waals surface area contributed by atoms with E-state index in [9.17, 15) is 4.39 Å². The van der Waals surface area contributed by atoms with Crippen molar-refractivity contribution in [2.45, 2.75) is 13.3 Å². The number of phenols is 1. The largest absolute Gasteiger partial charge is 0.505 e. The molecule has 0 unspecified atom stereocenters. The van der Waals surface area contributed by atoms with Crippen LogP contribution in [0.1, 0.15) is 13.3 Å². The predicted octanol–water partition coefficient (Wildman–Crippen LogP) is 2.32. The average Bonchev–Trinajstić information content (AvgIpc) is 2.07. The molecule has 0 amide bonds. The summed E-state index contributed by atoms with van der Waals surface area (Å²) in [5.74, 6) is -0.547. The number of aromatic hydroxyl groups is 1. The van der Waals surface area contributed by atoms with Gasteiger partial charge in [0.1, 0.15) is 5.75 Å². The minimum Gasteiger partial charge on any atom is -0.505 e. The highest BCUT2D eigenvalue weighted by atomic mass is 19.1. The maximum Gasteiger partial charge on any atom is 0.168 e. The fourth-order valence-electron chi connectivity index (χ4n) is 0.797. The molecule has 0 fully saturated rings. The van der Waals surface area contributed by atoms with Gasteiger partial charge in [0, 0.05) is 6.07 Å². The van der Waals surface area contributed by atoms with Crippen molar-refractivity contribution in [2.24, 2.45) is 0 Å². The Balaban J connectivity index is 2.69. The summed E-state index contributed by atoms with van der Waals surface area (Å²) in [4.78, 5) is 0. The fourth-order valence-corrected chi connectivity index (χ4v) is 0.797. The van der Waals surface area contributed by atoms with Gasteiger partial charge in [-0.2, -0.15) is 0 Å². The second-order valence-electron chi connectivity index (χ2n) is 2.46. The zero-order chi connectivity index (χ0) is 8.97. The van der Waals surface area contributed by atoms with Crippen LogP contribution in [0.15, 0.2) is 18.2 Å². The van der Waals surface area contributed by atoms with Crippen LogP contribution in [0.25, 0.3) is 0 Å². The molecule has 2 nitrogen and oxygen atoms in total. The van der Waals surface area contributed by atoms with Crippen molar-refractivity contribution in [1.29, 1.82) is 0 Å². The van der Waals surface area contributed by atoms with Crippen LogP contribution in [0.5, 0.6) is 11.5 Å². The van der Waals surface area contributed by atoms with Crippen molar-refractivity contribution < 1.29 is 14.2 Å². The van der Waals surface area contributed by atoms with E-state index in [1.165, 1.54) is 18.2 Å². The fraction of sp³-hybridized carbons (Fsp3) is 0.333. The second-order valence-corrected chi connectivity index (χ2v) is 2.46. The SMILES string of the molecule is CCCOc1ccc(O)c(F)c1. The molecule has 1 rings (SSSR count). The Kier molecular flexibility index (Phi) is 2.91. The van der Waals surface area contributed by atoms with Gasteiger partial charge in [0.2, 0.25) is 0 Å². The van der Waals surface area contributed by atoms with Gasteiger partial charge >= 0.3 is 0 Å². The highest BCUT2D eigenvalue weighted by Gasteiger charge is 2.00. The van der Waals surface area contributed by atoms with Crippen molar-refractivity contribution in [3.63, 3.8) is 0 Å². The summed E-state index contributed by atoms with van der Waals surface area (Å²) < 4.78 is 17.8. The third-order valence-electron chi connectivity index (χ3n) is 1.39. The van der Waals surface area contributed by atoms with Crippen molar-refractivity contribution in [2.75, 3.05) is 6.61 Å². The van der Waals surface area contributed by atoms with Crippen LogP contribution in [0.4, 0.5) is 4.39 Å². The molecule has 0 aliphatic heterocycles. The number of benzene rings is 1. The van der Waals surface area contributed by atoms with Gasteiger partial charge < -0.3 is 9.84 Å². The lowest BCUT2D eigenvalue weighted by Crippen LogP contribution is -1.94. The molecule has 3 heteroatoms. The third-order valence-corrected chi connectivity index (χ3v) is 1.39. The van der Waals surface area contributed by atoms with Crippen LogP contribution < -0.4 is 4.74 Å². The van der Waals surface area contributed by atoms with Gasteiger partial charge in [-0.25, -0.2) is 4.39 Å². The maximum absolute atomic E-state index is 12.7. The Bertz CT molecular complexity index is 261. The summed E-state index contributed by atoms with van der Waals surface area (Å²) in [6, 6.07) is 3.99. The van der Waals surface area contributed by atoms with Crippen molar-refractivity contribution >= 4 is 0 Å². The van der Waals surface area contributed by atoms with Gasteiger partial charge in [-0.3, -0.25) is 0 Å². The van der Waals surface area contributed by atoms with Crippen LogP contribution >= 0.6 is 0 Å². The van der Waals surface area contributed by atoms with Crippen molar-refractivity contribution in [3.05, 3.63) is 24.0 Å². The molecule has 0 atom stereocenters. The van der Waals surface area contributed by atoms with Gasteiger partial charge in [-0.1, -0.05) is 6.92 Å². The van der Waals surface area contributed by atoms with Crippen LogP contribution in [0.2, 0.25) is 0 Å². The first-order valence-corrected chi connectivity index (χ1v) is 3.85. The van der Waals surface area contributed by atoms with Gasteiger partial charge in [-0.15, -0.1) is 0 Å². The van der Waals surface area contributed by atoms with E-state index in [0.717, 1.165) is 6.42 Å². The first kappa shape index (κ1) is 8.84. The van der Waals surface area contributed by atoms with E-state index in [-0.39, 0.29) is 5.75 Å². The molecule has 0 saturated carbocycles. The molecule has 0 radical (unpaired) electrons. The van der Waals surface area contributed by atoms with Gasteiger partial charge in [0.15, 0.2) is 11.6 Å². The summed E-state index contributed by atoms with van der Waals surface area (Å²) in [7, 11) is 0. The number of hydrogen-bond donors (Lipinski definition) is 1. The Morgan fingerprint density at radius 2 is 2.25 bits per heavy atom. The van der Waals surface area contributed by atoms with Gasteiger partial charge in [0.05, 0.1) is 6.61 Å². The molecule has 0 saturated heterocycles. The van der Waals surface area contributed by atoms with E-state index >= 15 is 0 Å². The second kappa shape index (κ2) is 3.95. The Morgan fingerprint density at radius 1 is 1.50 bits per heavy atom. The molecule has 1 aromatic carbocycles. The average molecular weight is 170 g/mol. The molecular formula is C9H11FO2. The molecule has 0 aliphatic rings. The monoisotopic (exact) mass is 170 g/mol. The normalized spacial score (nSPS) is 9.83. The van der Waals surface area contributed by atoms with Crippen LogP contribution in [-0.2, 0) is 0 Å². The van der Waals surface area contributed by atoms with E-state index in [1.54, 1.807) is 0 Å². The molecule has 1 N–H and O–H groups in total. The molecule has 0 spiro atoms. The molecule has 0 heterocycles. The molecule has 12 heavy (non-hydrogen) atoms. The summed E-state index contributed by atoms with van der Waals surface area (Å²) in [5, 5.41) is 8.84. The van der Waals surface area contributed by atoms with E-state index < -0.39 is 5.82 Å². The van der Waals surface area contributed by atoms with Crippen molar-refractivity contribution in [3.8, 4) is 11.5 Å². The first-order chi connectivity index (χ1) is 5.74. The van der Waals surface area contributed by atoms with Crippen molar-refractivity contribution in [1.82, 2.24) is 0 Å². The number of halogens is 1. The number of ether oxygens (including phenoxy) is 1. The van der Waals surface area contributed by atoms with E-state index in [2.05, 4.69) is 0 Å². The van der Waals surface area contributed by atoms with Gasteiger partial charge in [0.25, 0.3) is 0 Å². The minimum atomic E-state index is -0.649. The zero-order valence-corrected chi connectivity index (χ0v) is 6.88. The Labute approximate surface area is 70.6 Å². The summed E-state index contributed by atoms with van der Waals surface area (Å²) >= 11 is 0. The van der Waals surface area contributed by atoms with Crippen LogP contribution in [-0.4, -0.2) is 11.7 Å². The summed E-state index contributed by atoms with van der Waals surface area (Å²) in [5.41, 5.74) is 0. The molecule has 0 bridgehead atoms. The lowest BCUT2D eigenvalue weighted by atomic mass is 10.3. The highest BCUT2D eigenvalue weighted by molar-refractivity contribution is 5.31. The van der Waals surface area contributed by atoms with Crippen LogP contribution in [0.3, 0.4) is 0 Å². The summed E-state index contributed by atoms with van der Waals surface area (Å²) in [6.07, 6.45) is 0.877. The minimum absolute atomic E-state index is 0.348. The highest BCUT2D eigenvalue weighted by Crippen LogP contribution is 2.20. The Hall–Kier alpha value is -1.25. The lowest BCUT2D eigenvalue weighted by Gasteiger charge is -2.04. The lowest BCUT2D eigenvalue weighted by molar-refractivity contribution is 0.314. The molecular weight excluding hydrogens is 159 g/mol. The predicted molar refractivity (Wildman–Crippen MR) is 43.9 cm³/mol. The molecule has 0 aromatic heterocycles. The maximum atomic E-state index is 12.7. The van der Waals surface area contributed by atoms with E-state index in [0.29, 0.717) is 12.4 Å².